The third-order valence-electron chi connectivity index (χ3n) is 2.20. The first kappa shape index (κ1) is 11.0. The normalized spacial score (nSPS) is 28.4. The molecule has 0 aromatic rings. The highest BCUT2D eigenvalue weighted by molar-refractivity contribution is 4.60. The largest absolute Gasteiger partial charge is 0.393 e. The van der Waals surface area contributed by atoms with Crippen LogP contribution in [0.15, 0.2) is 0 Å². The standard InChI is InChI=1S/C10H20O3/c1-8(11)7-9(2)13-10-5-3-4-6-12-10/h8-11H,3-7H2,1-2H3. The van der Waals surface area contributed by atoms with E-state index in [4.69, 9.17) is 14.6 Å². The van der Waals surface area contributed by atoms with Crippen molar-refractivity contribution in [1.29, 1.82) is 0 Å². The highest BCUT2D eigenvalue weighted by Crippen LogP contribution is 2.16. The van der Waals surface area contributed by atoms with Gasteiger partial charge in [0, 0.05) is 6.61 Å². The van der Waals surface area contributed by atoms with Crippen molar-refractivity contribution in [3.05, 3.63) is 0 Å². The van der Waals surface area contributed by atoms with Gasteiger partial charge in [-0.3, -0.25) is 0 Å². The van der Waals surface area contributed by atoms with Crippen LogP contribution in [0.4, 0.5) is 0 Å². The van der Waals surface area contributed by atoms with E-state index in [2.05, 4.69) is 0 Å². The summed E-state index contributed by atoms with van der Waals surface area (Å²) in [6, 6.07) is 0. The number of aliphatic hydroxyl groups is 1. The zero-order chi connectivity index (χ0) is 9.68. The topological polar surface area (TPSA) is 38.7 Å². The maximum atomic E-state index is 9.13. The van der Waals surface area contributed by atoms with Crippen LogP contribution in [0.5, 0.6) is 0 Å². The van der Waals surface area contributed by atoms with Crippen molar-refractivity contribution in [2.75, 3.05) is 6.61 Å². The van der Waals surface area contributed by atoms with Gasteiger partial charge in [-0.15, -0.1) is 0 Å². The second-order valence-electron chi connectivity index (χ2n) is 3.83. The van der Waals surface area contributed by atoms with Crippen LogP contribution in [0.3, 0.4) is 0 Å². The van der Waals surface area contributed by atoms with E-state index in [1.54, 1.807) is 6.92 Å². The average Bonchev–Trinajstić information content (AvgIpc) is 2.04. The first-order chi connectivity index (χ1) is 6.18. The van der Waals surface area contributed by atoms with Crippen molar-refractivity contribution in [2.24, 2.45) is 0 Å². The summed E-state index contributed by atoms with van der Waals surface area (Å²) in [5, 5.41) is 9.13. The van der Waals surface area contributed by atoms with Crippen molar-refractivity contribution >= 4 is 0 Å². The minimum Gasteiger partial charge on any atom is -0.393 e. The Morgan fingerprint density at radius 1 is 1.46 bits per heavy atom. The van der Waals surface area contributed by atoms with Crippen LogP contribution in [-0.4, -0.2) is 30.2 Å². The first-order valence-corrected chi connectivity index (χ1v) is 5.13. The van der Waals surface area contributed by atoms with E-state index in [0.717, 1.165) is 19.4 Å². The molecule has 3 heteroatoms. The molecule has 1 rings (SSSR count). The molecular weight excluding hydrogens is 168 g/mol. The Morgan fingerprint density at radius 2 is 2.23 bits per heavy atom. The molecule has 0 radical (unpaired) electrons. The molecule has 1 aliphatic rings. The lowest BCUT2D eigenvalue weighted by atomic mass is 10.2. The molecule has 0 aromatic heterocycles. The Kier molecular flexibility index (Phi) is 4.70. The van der Waals surface area contributed by atoms with E-state index in [0.29, 0.717) is 6.42 Å². The summed E-state index contributed by atoms with van der Waals surface area (Å²) < 4.78 is 11.0. The van der Waals surface area contributed by atoms with Crippen LogP contribution in [0.2, 0.25) is 0 Å². The molecule has 0 aliphatic carbocycles. The number of hydrogen-bond acceptors (Lipinski definition) is 3. The highest BCUT2D eigenvalue weighted by atomic mass is 16.7. The molecular formula is C10H20O3. The molecule has 13 heavy (non-hydrogen) atoms. The zero-order valence-corrected chi connectivity index (χ0v) is 8.53. The van der Waals surface area contributed by atoms with Crippen molar-refractivity contribution in [1.82, 2.24) is 0 Å². The van der Waals surface area contributed by atoms with Crippen LogP contribution in [0.25, 0.3) is 0 Å². The smallest absolute Gasteiger partial charge is 0.157 e. The maximum Gasteiger partial charge on any atom is 0.157 e. The molecule has 3 unspecified atom stereocenters. The van der Waals surface area contributed by atoms with Crippen LogP contribution in [0.1, 0.15) is 39.5 Å². The van der Waals surface area contributed by atoms with Gasteiger partial charge in [-0.25, -0.2) is 0 Å². The van der Waals surface area contributed by atoms with Gasteiger partial charge < -0.3 is 14.6 Å². The molecule has 78 valence electrons. The van der Waals surface area contributed by atoms with Gasteiger partial charge in [-0.1, -0.05) is 0 Å². The lowest BCUT2D eigenvalue weighted by Gasteiger charge is -2.26. The third-order valence-corrected chi connectivity index (χ3v) is 2.20. The van der Waals surface area contributed by atoms with Gasteiger partial charge in [0.1, 0.15) is 0 Å². The van der Waals surface area contributed by atoms with Crippen molar-refractivity contribution < 1.29 is 14.6 Å². The minimum atomic E-state index is -0.293. The molecule has 1 heterocycles. The first-order valence-electron chi connectivity index (χ1n) is 5.13. The number of aliphatic hydroxyl groups excluding tert-OH is 1. The van der Waals surface area contributed by atoms with Gasteiger partial charge in [0.2, 0.25) is 0 Å². The van der Waals surface area contributed by atoms with Gasteiger partial charge in [-0.05, 0) is 39.5 Å². The molecule has 0 saturated carbocycles. The van der Waals surface area contributed by atoms with E-state index >= 15 is 0 Å². The molecule has 0 spiro atoms. The number of hydrogen-bond donors (Lipinski definition) is 1. The fourth-order valence-electron chi connectivity index (χ4n) is 1.61. The predicted molar refractivity (Wildman–Crippen MR) is 50.4 cm³/mol. The Labute approximate surface area is 80.0 Å². The molecule has 3 atom stereocenters. The molecule has 1 saturated heterocycles. The molecule has 1 N–H and O–H groups in total. The Bertz CT molecular complexity index is 130. The molecule has 3 nitrogen and oxygen atoms in total. The van der Waals surface area contributed by atoms with E-state index in [1.165, 1.54) is 6.42 Å². The Morgan fingerprint density at radius 3 is 2.77 bits per heavy atom. The Balaban J connectivity index is 2.14. The number of rotatable bonds is 4. The van der Waals surface area contributed by atoms with E-state index in [9.17, 15) is 0 Å². The van der Waals surface area contributed by atoms with Gasteiger partial charge >= 0.3 is 0 Å². The summed E-state index contributed by atoms with van der Waals surface area (Å²) in [5.41, 5.74) is 0. The lowest BCUT2D eigenvalue weighted by molar-refractivity contribution is -0.188. The highest BCUT2D eigenvalue weighted by Gasteiger charge is 2.17. The van der Waals surface area contributed by atoms with Gasteiger partial charge in [0.25, 0.3) is 0 Å². The minimum absolute atomic E-state index is 0.0394. The molecule has 0 amide bonds. The lowest BCUT2D eigenvalue weighted by Crippen LogP contribution is -2.28. The van der Waals surface area contributed by atoms with Crippen LogP contribution in [0, 0.1) is 0 Å². The monoisotopic (exact) mass is 188 g/mol. The Hall–Kier alpha value is -0.120. The molecule has 1 fully saturated rings. The summed E-state index contributed by atoms with van der Waals surface area (Å²) >= 11 is 0. The zero-order valence-electron chi connectivity index (χ0n) is 8.53. The quantitative estimate of drug-likeness (QED) is 0.729. The summed E-state index contributed by atoms with van der Waals surface area (Å²) in [6.07, 6.45) is 3.75. The molecule has 0 bridgehead atoms. The summed E-state index contributed by atoms with van der Waals surface area (Å²) in [6.45, 7) is 4.57. The molecule has 0 aromatic carbocycles. The van der Waals surface area contributed by atoms with E-state index in [-0.39, 0.29) is 18.5 Å². The SMILES string of the molecule is CC(O)CC(C)OC1CCCCO1. The third kappa shape index (κ3) is 4.60. The fraction of sp³-hybridized carbons (Fsp3) is 1.00. The summed E-state index contributed by atoms with van der Waals surface area (Å²) in [7, 11) is 0. The van der Waals surface area contributed by atoms with Gasteiger partial charge in [0.15, 0.2) is 6.29 Å². The van der Waals surface area contributed by atoms with Crippen LogP contribution < -0.4 is 0 Å². The second kappa shape index (κ2) is 5.58. The van der Waals surface area contributed by atoms with Crippen LogP contribution in [-0.2, 0) is 9.47 Å². The average molecular weight is 188 g/mol. The summed E-state index contributed by atoms with van der Waals surface area (Å²) in [4.78, 5) is 0. The van der Waals surface area contributed by atoms with E-state index < -0.39 is 0 Å². The molecule has 1 aliphatic heterocycles. The van der Waals surface area contributed by atoms with Gasteiger partial charge in [0.05, 0.1) is 12.2 Å². The van der Waals surface area contributed by atoms with Crippen molar-refractivity contribution in [2.45, 2.75) is 58.0 Å². The number of ether oxygens (including phenoxy) is 2. The fourth-order valence-corrected chi connectivity index (χ4v) is 1.61. The van der Waals surface area contributed by atoms with Crippen molar-refractivity contribution in [3.8, 4) is 0 Å². The van der Waals surface area contributed by atoms with Crippen molar-refractivity contribution in [3.63, 3.8) is 0 Å². The predicted octanol–water partition coefficient (Wildman–Crippen LogP) is 1.69. The van der Waals surface area contributed by atoms with Gasteiger partial charge in [-0.2, -0.15) is 0 Å². The summed E-state index contributed by atoms with van der Waals surface area (Å²) in [5.74, 6) is 0. The van der Waals surface area contributed by atoms with Crippen LogP contribution >= 0.6 is 0 Å². The second-order valence-corrected chi connectivity index (χ2v) is 3.83. The van der Waals surface area contributed by atoms with E-state index in [1.807, 2.05) is 6.92 Å². The maximum absolute atomic E-state index is 9.13.